The van der Waals surface area contributed by atoms with Gasteiger partial charge in [-0.25, -0.2) is 14.8 Å². The molecule has 3 saturated carbocycles. The van der Waals surface area contributed by atoms with Crippen molar-refractivity contribution in [1.82, 2.24) is 29.5 Å². The number of aryl methyl sites for hydroxylation is 2. The minimum Gasteiger partial charge on any atom is -0.476 e. The molecule has 0 aliphatic heterocycles. The van der Waals surface area contributed by atoms with Crippen molar-refractivity contribution < 1.29 is 9.90 Å². The van der Waals surface area contributed by atoms with Gasteiger partial charge in [0.15, 0.2) is 5.69 Å². The second kappa shape index (κ2) is 9.94. The number of nitrogens with one attached hydrogen (secondary N) is 1. The molecule has 3 heterocycles. The van der Waals surface area contributed by atoms with Crippen molar-refractivity contribution in [3.63, 3.8) is 0 Å². The lowest BCUT2D eigenvalue weighted by Gasteiger charge is -2.52. The van der Waals surface area contributed by atoms with Crippen molar-refractivity contribution in [2.45, 2.75) is 82.7 Å². The van der Waals surface area contributed by atoms with Crippen LogP contribution in [0.2, 0.25) is 5.15 Å². The van der Waals surface area contributed by atoms with Gasteiger partial charge in [0.2, 0.25) is 0 Å². The first-order valence-corrected chi connectivity index (χ1v) is 14.5. The summed E-state index contributed by atoms with van der Waals surface area (Å²) in [4.78, 5) is 34.9. The number of aromatic nitrogens is 6. The Bertz CT molecular complexity index is 1720. The average Bonchev–Trinajstić information content (AvgIpc) is 3.47. The molecule has 4 aromatic rings. The molecule has 3 aromatic heterocycles. The molecule has 1 atom stereocenters. The summed E-state index contributed by atoms with van der Waals surface area (Å²) < 4.78 is 3.65. The Morgan fingerprint density at radius 2 is 1.80 bits per heavy atom. The van der Waals surface area contributed by atoms with Crippen LogP contribution in [-0.2, 0) is 24.4 Å². The average molecular weight is 576 g/mol. The highest BCUT2D eigenvalue weighted by molar-refractivity contribution is 6.29. The molecule has 0 spiro atoms. The first kappa shape index (κ1) is 27.4. The number of pyridine rings is 1. The van der Waals surface area contributed by atoms with Gasteiger partial charge in [-0.05, 0) is 83.1 Å². The lowest BCUT2D eigenvalue weighted by molar-refractivity contribution is 0.0691. The van der Waals surface area contributed by atoms with E-state index in [2.05, 4.69) is 33.7 Å². The van der Waals surface area contributed by atoms with Crippen LogP contribution in [0, 0.1) is 6.92 Å². The Labute approximate surface area is 242 Å². The molecular weight excluding hydrogens is 542 g/mol. The summed E-state index contributed by atoms with van der Waals surface area (Å²) in [6, 6.07) is 6.71. The fourth-order valence-electron chi connectivity index (χ4n) is 6.98. The van der Waals surface area contributed by atoms with Gasteiger partial charge >= 0.3 is 5.97 Å². The molecule has 2 N–H and O–H groups in total. The number of hydrogen-bond donors (Lipinski definition) is 2. The number of anilines is 1. The van der Waals surface area contributed by atoms with E-state index < -0.39 is 5.97 Å². The number of carboxylic acids is 1. The number of carbonyl (C=O) groups is 1. The second-order valence-corrected chi connectivity index (χ2v) is 12.2. The lowest BCUT2D eigenvalue weighted by Crippen LogP contribution is -2.49. The first-order valence-electron chi connectivity index (χ1n) is 14.1. The predicted octanol–water partition coefficient (Wildman–Crippen LogP) is 5.32. The summed E-state index contributed by atoms with van der Waals surface area (Å²) in [6.07, 6.45) is 7.87. The van der Waals surface area contributed by atoms with Crippen LogP contribution in [0.25, 0.3) is 10.9 Å². The largest absolute Gasteiger partial charge is 0.476 e. The van der Waals surface area contributed by atoms with Crippen LogP contribution in [0.3, 0.4) is 0 Å². The highest BCUT2D eigenvalue weighted by Crippen LogP contribution is 2.57. The number of fused-ring (bicyclic) bond motifs is 4. The van der Waals surface area contributed by atoms with E-state index >= 15 is 0 Å². The minimum absolute atomic E-state index is 0.0417. The standard InChI is InChI=1S/C30H34ClN7O3/c1-5-38-16-22(35-36-38)29-8-11-30(12-9-29,13-10-29)28-34-24-19(14-17(2)15-20(24)26(39)37(28)4)18(3)32-21-6-7-23(31)33-25(21)27(40)41/h6-7,14-16,18,32H,5,8-13H2,1-4H3,(H,40,41)/t18-,29?,30?/m1/s1. The smallest absolute Gasteiger partial charge is 0.356 e. The van der Waals surface area contributed by atoms with Gasteiger partial charge in [0, 0.05) is 36.2 Å². The third-order valence-corrected chi connectivity index (χ3v) is 9.59. The molecule has 0 radical (unpaired) electrons. The van der Waals surface area contributed by atoms with Crippen molar-refractivity contribution in [3.05, 3.63) is 74.3 Å². The maximum absolute atomic E-state index is 13.8. The zero-order valence-corrected chi connectivity index (χ0v) is 24.5. The van der Waals surface area contributed by atoms with E-state index in [4.69, 9.17) is 16.6 Å². The number of benzene rings is 1. The fourth-order valence-corrected chi connectivity index (χ4v) is 7.13. The number of aromatic carboxylic acids is 1. The van der Waals surface area contributed by atoms with Crippen molar-refractivity contribution >= 4 is 34.2 Å². The Morgan fingerprint density at radius 1 is 1.12 bits per heavy atom. The van der Waals surface area contributed by atoms with Crippen molar-refractivity contribution in [3.8, 4) is 0 Å². The van der Waals surface area contributed by atoms with E-state index in [-0.39, 0.29) is 33.3 Å². The van der Waals surface area contributed by atoms with Crippen LogP contribution in [0.5, 0.6) is 0 Å². The molecule has 3 aliphatic rings. The minimum atomic E-state index is -1.17. The summed E-state index contributed by atoms with van der Waals surface area (Å²) in [5.74, 6) is -0.343. The molecular formula is C30H34ClN7O3. The Kier molecular flexibility index (Phi) is 6.64. The lowest BCUT2D eigenvalue weighted by atomic mass is 9.52. The molecule has 1 aromatic carbocycles. The third kappa shape index (κ3) is 4.48. The number of hydrogen-bond acceptors (Lipinski definition) is 7. The summed E-state index contributed by atoms with van der Waals surface area (Å²) in [5.41, 5.74) is 3.49. The van der Waals surface area contributed by atoms with Gasteiger partial charge in [-0.15, -0.1) is 5.10 Å². The zero-order valence-electron chi connectivity index (χ0n) is 23.7. The maximum atomic E-state index is 13.8. The van der Waals surface area contributed by atoms with Crippen molar-refractivity contribution in [2.24, 2.45) is 7.05 Å². The molecule has 2 bridgehead atoms. The molecule has 0 saturated heterocycles. The van der Waals surface area contributed by atoms with Crippen LogP contribution >= 0.6 is 11.6 Å². The predicted molar refractivity (Wildman–Crippen MR) is 157 cm³/mol. The van der Waals surface area contributed by atoms with E-state index in [1.54, 1.807) is 16.7 Å². The first-order chi connectivity index (χ1) is 19.6. The molecule has 11 heteroatoms. The molecule has 10 nitrogen and oxygen atoms in total. The number of carboxylic acid groups (broad SMARTS) is 1. The molecule has 214 valence electrons. The summed E-state index contributed by atoms with van der Waals surface area (Å²) >= 11 is 5.96. The van der Waals surface area contributed by atoms with E-state index in [1.165, 1.54) is 0 Å². The van der Waals surface area contributed by atoms with Crippen LogP contribution < -0.4 is 10.9 Å². The SMILES string of the molecule is CCn1cc(C23CCC(c4nc5c([C@@H](C)Nc6ccc(Cl)nc6C(=O)O)cc(C)cc5c(=O)n4C)(CC2)CC3)nn1. The zero-order chi connectivity index (χ0) is 29.1. The van der Waals surface area contributed by atoms with Gasteiger partial charge in [0.1, 0.15) is 11.0 Å². The fraction of sp³-hybridized carbons (Fsp3) is 0.467. The number of rotatable bonds is 7. The third-order valence-electron chi connectivity index (χ3n) is 9.38. The Hall–Kier alpha value is -3.79. The quantitative estimate of drug-likeness (QED) is 0.283. The molecule has 41 heavy (non-hydrogen) atoms. The van der Waals surface area contributed by atoms with E-state index in [0.29, 0.717) is 16.6 Å². The maximum Gasteiger partial charge on any atom is 0.356 e. The summed E-state index contributed by atoms with van der Waals surface area (Å²) in [5, 5.41) is 22.4. The summed E-state index contributed by atoms with van der Waals surface area (Å²) in [7, 11) is 1.84. The Balaban J connectivity index is 1.39. The van der Waals surface area contributed by atoms with Crippen LogP contribution in [0.1, 0.15) is 91.5 Å². The highest BCUT2D eigenvalue weighted by atomic mass is 35.5. The molecule has 0 amide bonds. The van der Waals surface area contributed by atoms with Crippen LogP contribution in [-0.4, -0.2) is 40.6 Å². The molecule has 3 aliphatic carbocycles. The van der Waals surface area contributed by atoms with Crippen molar-refractivity contribution in [2.75, 3.05) is 5.32 Å². The van der Waals surface area contributed by atoms with Gasteiger partial charge in [0.05, 0.1) is 28.3 Å². The second-order valence-electron chi connectivity index (χ2n) is 11.8. The van der Waals surface area contributed by atoms with Crippen molar-refractivity contribution in [1.29, 1.82) is 0 Å². The number of halogens is 1. The van der Waals surface area contributed by atoms with Gasteiger partial charge in [0.25, 0.3) is 5.56 Å². The Morgan fingerprint density at radius 3 is 2.44 bits per heavy atom. The van der Waals surface area contributed by atoms with Gasteiger partial charge in [-0.3, -0.25) is 14.0 Å². The van der Waals surface area contributed by atoms with Crippen LogP contribution in [0.4, 0.5) is 5.69 Å². The molecule has 0 unspecified atom stereocenters. The topological polar surface area (TPSA) is 128 Å². The normalized spacial score (nSPS) is 22.7. The molecule has 7 rings (SSSR count). The van der Waals surface area contributed by atoms with E-state index in [0.717, 1.165) is 67.7 Å². The highest BCUT2D eigenvalue weighted by Gasteiger charge is 2.53. The van der Waals surface area contributed by atoms with E-state index in [9.17, 15) is 14.7 Å². The number of nitrogens with zero attached hydrogens (tertiary/aromatic N) is 6. The van der Waals surface area contributed by atoms with Gasteiger partial charge in [-0.1, -0.05) is 22.9 Å². The van der Waals surface area contributed by atoms with Gasteiger partial charge in [-0.2, -0.15) is 0 Å². The van der Waals surface area contributed by atoms with E-state index in [1.807, 2.05) is 37.7 Å². The monoisotopic (exact) mass is 575 g/mol. The molecule has 3 fully saturated rings. The van der Waals surface area contributed by atoms with Crippen LogP contribution in [0.15, 0.2) is 35.3 Å². The summed E-state index contributed by atoms with van der Waals surface area (Å²) in [6.45, 7) is 6.76. The van der Waals surface area contributed by atoms with Gasteiger partial charge < -0.3 is 10.4 Å².